The first-order valence-corrected chi connectivity index (χ1v) is 6.92. The van der Waals surface area contributed by atoms with Crippen LogP contribution in [0.5, 0.6) is 0 Å². The number of benzene rings is 1. The SMILES string of the molecule is Cc1cc(F)ccc1CC1(N)CC(C)CC(C)C1. The van der Waals surface area contributed by atoms with Gasteiger partial charge in [0.05, 0.1) is 0 Å². The van der Waals surface area contributed by atoms with Crippen LogP contribution in [-0.2, 0) is 6.42 Å². The van der Waals surface area contributed by atoms with Gasteiger partial charge in [0.25, 0.3) is 0 Å². The van der Waals surface area contributed by atoms with Crippen molar-refractivity contribution in [2.45, 2.75) is 52.0 Å². The average molecular weight is 249 g/mol. The zero-order valence-corrected chi connectivity index (χ0v) is 11.7. The molecular formula is C16H24FN. The molecule has 1 nitrogen and oxygen atoms in total. The standard InChI is InChI=1S/C16H24FN/c1-11-6-12(2)9-16(18,8-11)10-14-4-5-15(17)7-13(14)3/h4-5,7,11-12H,6,8-10,18H2,1-3H3. The van der Waals surface area contributed by atoms with Crippen molar-refractivity contribution < 1.29 is 4.39 Å². The highest BCUT2D eigenvalue weighted by molar-refractivity contribution is 5.28. The van der Waals surface area contributed by atoms with E-state index in [1.54, 1.807) is 12.1 Å². The Labute approximate surface area is 110 Å². The van der Waals surface area contributed by atoms with Crippen molar-refractivity contribution in [1.29, 1.82) is 0 Å². The molecule has 1 fully saturated rings. The van der Waals surface area contributed by atoms with Gasteiger partial charge in [0.2, 0.25) is 0 Å². The highest BCUT2D eigenvalue weighted by Crippen LogP contribution is 2.36. The summed E-state index contributed by atoms with van der Waals surface area (Å²) in [6.45, 7) is 6.54. The van der Waals surface area contributed by atoms with Gasteiger partial charge in [0, 0.05) is 5.54 Å². The van der Waals surface area contributed by atoms with E-state index in [-0.39, 0.29) is 11.4 Å². The first-order chi connectivity index (χ1) is 8.38. The molecule has 0 aromatic heterocycles. The summed E-state index contributed by atoms with van der Waals surface area (Å²) in [4.78, 5) is 0. The van der Waals surface area contributed by atoms with Gasteiger partial charge in [-0.2, -0.15) is 0 Å². The monoisotopic (exact) mass is 249 g/mol. The molecule has 1 aliphatic carbocycles. The Morgan fingerprint density at radius 1 is 1.28 bits per heavy atom. The molecule has 0 spiro atoms. The van der Waals surface area contributed by atoms with Gasteiger partial charge in [-0.1, -0.05) is 19.9 Å². The van der Waals surface area contributed by atoms with Crippen molar-refractivity contribution in [3.63, 3.8) is 0 Å². The quantitative estimate of drug-likeness (QED) is 0.847. The lowest BCUT2D eigenvalue weighted by Gasteiger charge is -2.40. The van der Waals surface area contributed by atoms with Gasteiger partial charge < -0.3 is 5.73 Å². The molecular weight excluding hydrogens is 225 g/mol. The van der Waals surface area contributed by atoms with E-state index in [4.69, 9.17) is 5.73 Å². The first-order valence-electron chi connectivity index (χ1n) is 6.92. The largest absolute Gasteiger partial charge is 0.325 e. The van der Waals surface area contributed by atoms with Gasteiger partial charge in [0.15, 0.2) is 0 Å². The highest BCUT2D eigenvalue weighted by atomic mass is 19.1. The minimum Gasteiger partial charge on any atom is -0.325 e. The summed E-state index contributed by atoms with van der Waals surface area (Å²) < 4.78 is 13.1. The number of aryl methyl sites for hydroxylation is 1. The smallest absolute Gasteiger partial charge is 0.123 e. The molecule has 18 heavy (non-hydrogen) atoms. The fraction of sp³-hybridized carbons (Fsp3) is 0.625. The summed E-state index contributed by atoms with van der Waals surface area (Å²) in [5, 5.41) is 0. The van der Waals surface area contributed by atoms with E-state index in [1.807, 2.05) is 13.0 Å². The van der Waals surface area contributed by atoms with Crippen LogP contribution in [0.25, 0.3) is 0 Å². The number of halogens is 1. The molecule has 1 aromatic rings. The van der Waals surface area contributed by atoms with Crippen LogP contribution < -0.4 is 5.73 Å². The Hall–Kier alpha value is -0.890. The van der Waals surface area contributed by atoms with Gasteiger partial charge >= 0.3 is 0 Å². The Morgan fingerprint density at radius 2 is 1.89 bits per heavy atom. The van der Waals surface area contributed by atoms with Gasteiger partial charge in [-0.3, -0.25) is 0 Å². The maximum absolute atomic E-state index is 13.1. The Kier molecular flexibility index (Phi) is 3.76. The first kappa shape index (κ1) is 13.5. The van der Waals surface area contributed by atoms with Gasteiger partial charge in [-0.05, 0) is 67.7 Å². The highest BCUT2D eigenvalue weighted by Gasteiger charge is 2.34. The zero-order chi connectivity index (χ0) is 13.3. The normalized spacial score (nSPS) is 32.5. The predicted octanol–water partition coefficient (Wildman–Crippen LogP) is 3.83. The molecule has 0 saturated heterocycles. The molecule has 2 heteroatoms. The molecule has 1 aromatic carbocycles. The summed E-state index contributed by atoms with van der Waals surface area (Å²) in [5.41, 5.74) is 8.69. The van der Waals surface area contributed by atoms with Crippen LogP contribution in [-0.4, -0.2) is 5.54 Å². The fourth-order valence-electron chi connectivity index (χ4n) is 3.71. The molecule has 1 saturated carbocycles. The molecule has 0 heterocycles. The molecule has 2 N–H and O–H groups in total. The van der Waals surface area contributed by atoms with Crippen LogP contribution in [0.2, 0.25) is 0 Å². The molecule has 2 unspecified atom stereocenters. The number of rotatable bonds is 2. The maximum atomic E-state index is 13.1. The van der Waals surface area contributed by atoms with Crippen LogP contribution in [0.4, 0.5) is 4.39 Å². The van der Waals surface area contributed by atoms with Crippen LogP contribution in [0.3, 0.4) is 0 Å². The molecule has 0 radical (unpaired) electrons. The average Bonchev–Trinajstić information content (AvgIpc) is 2.20. The van der Waals surface area contributed by atoms with Gasteiger partial charge in [0.1, 0.15) is 5.82 Å². The maximum Gasteiger partial charge on any atom is 0.123 e. The van der Waals surface area contributed by atoms with Crippen LogP contribution in [0.15, 0.2) is 18.2 Å². The molecule has 100 valence electrons. The van der Waals surface area contributed by atoms with Crippen LogP contribution in [0.1, 0.15) is 44.2 Å². The lowest BCUT2D eigenvalue weighted by Crippen LogP contribution is -2.48. The second-order valence-corrected chi connectivity index (χ2v) is 6.46. The second-order valence-electron chi connectivity index (χ2n) is 6.46. The Balaban J connectivity index is 2.16. The second kappa shape index (κ2) is 5.00. The lowest BCUT2D eigenvalue weighted by atomic mass is 9.69. The number of hydrogen-bond acceptors (Lipinski definition) is 1. The van der Waals surface area contributed by atoms with Crippen LogP contribution >= 0.6 is 0 Å². The Morgan fingerprint density at radius 3 is 2.44 bits per heavy atom. The molecule has 0 bridgehead atoms. The third-order valence-electron chi connectivity index (χ3n) is 4.16. The predicted molar refractivity (Wildman–Crippen MR) is 73.9 cm³/mol. The van der Waals surface area contributed by atoms with Crippen molar-refractivity contribution in [1.82, 2.24) is 0 Å². The minimum absolute atomic E-state index is 0.111. The van der Waals surface area contributed by atoms with E-state index in [0.29, 0.717) is 11.8 Å². The van der Waals surface area contributed by atoms with Crippen molar-refractivity contribution in [3.05, 3.63) is 35.1 Å². The zero-order valence-electron chi connectivity index (χ0n) is 11.7. The van der Waals surface area contributed by atoms with E-state index in [2.05, 4.69) is 13.8 Å². The van der Waals surface area contributed by atoms with Gasteiger partial charge in [-0.25, -0.2) is 4.39 Å². The molecule has 2 atom stereocenters. The Bertz CT molecular complexity index is 417. The summed E-state index contributed by atoms with van der Waals surface area (Å²) >= 11 is 0. The van der Waals surface area contributed by atoms with E-state index in [0.717, 1.165) is 24.8 Å². The van der Waals surface area contributed by atoms with E-state index >= 15 is 0 Å². The fourth-order valence-corrected chi connectivity index (χ4v) is 3.71. The number of hydrogen-bond donors (Lipinski definition) is 1. The lowest BCUT2D eigenvalue weighted by molar-refractivity contribution is 0.182. The summed E-state index contributed by atoms with van der Waals surface area (Å²) in [7, 11) is 0. The summed E-state index contributed by atoms with van der Waals surface area (Å²) in [5.74, 6) is 1.23. The van der Waals surface area contributed by atoms with E-state index < -0.39 is 0 Å². The molecule has 0 amide bonds. The van der Waals surface area contributed by atoms with Crippen molar-refractivity contribution in [2.24, 2.45) is 17.6 Å². The van der Waals surface area contributed by atoms with Crippen LogP contribution in [0, 0.1) is 24.6 Å². The number of nitrogens with two attached hydrogens (primary N) is 1. The minimum atomic E-state index is -0.160. The molecule has 0 aliphatic heterocycles. The molecule has 1 aliphatic rings. The topological polar surface area (TPSA) is 26.0 Å². The molecule has 2 rings (SSSR count). The van der Waals surface area contributed by atoms with E-state index in [1.165, 1.54) is 12.0 Å². The third-order valence-corrected chi connectivity index (χ3v) is 4.16. The summed E-state index contributed by atoms with van der Waals surface area (Å²) in [6.07, 6.45) is 4.30. The third kappa shape index (κ3) is 3.11. The van der Waals surface area contributed by atoms with Crippen molar-refractivity contribution in [3.8, 4) is 0 Å². The van der Waals surface area contributed by atoms with Crippen molar-refractivity contribution in [2.75, 3.05) is 0 Å². The van der Waals surface area contributed by atoms with Crippen molar-refractivity contribution >= 4 is 0 Å². The van der Waals surface area contributed by atoms with Gasteiger partial charge in [-0.15, -0.1) is 0 Å². The summed E-state index contributed by atoms with van der Waals surface area (Å²) in [6, 6.07) is 5.04. The van der Waals surface area contributed by atoms with E-state index in [9.17, 15) is 4.39 Å².